The lowest BCUT2D eigenvalue weighted by Gasteiger charge is -2.12. The molecule has 5 heteroatoms. The fourth-order valence-corrected chi connectivity index (χ4v) is 1.79. The molecule has 0 saturated heterocycles. The molecule has 2 rings (SSSR count). The number of aliphatic hydroxyl groups excluding tert-OH is 1. The van der Waals surface area contributed by atoms with Crippen LogP contribution in [0.4, 0.5) is 13.2 Å². The summed E-state index contributed by atoms with van der Waals surface area (Å²) < 4.78 is 39.7. The van der Waals surface area contributed by atoms with Crippen molar-refractivity contribution in [1.29, 1.82) is 0 Å². The number of hydrogen-bond donors (Lipinski definition) is 1. The first-order valence-electron chi connectivity index (χ1n) is 5.71. The monoisotopic (exact) mass is 267 g/mol. The molecule has 0 aliphatic heterocycles. The molecular weight excluding hydrogens is 255 g/mol. The third kappa shape index (κ3) is 3.12. The number of rotatable bonds is 3. The molecule has 1 aromatic carbocycles. The molecule has 0 amide bonds. The second-order valence-electron chi connectivity index (χ2n) is 4.33. The summed E-state index contributed by atoms with van der Waals surface area (Å²) in [4.78, 5) is 4.04. The molecule has 1 atom stereocenters. The van der Waals surface area contributed by atoms with Crippen molar-refractivity contribution in [3.63, 3.8) is 0 Å². The minimum absolute atomic E-state index is 0.0419. The second kappa shape index (κ2) is 5.40. The standard InChI is InChI=1S/C14H12F3NO/c1-8-2-3-10(18-7-8)6-13(19)14-11(16)4-9(15)5-12(14)17/h2-5,7,13,19H,6H2,1H3. The van der Waals surface area contributed by atoms with Crippen LogP contribution in [0.1, 0.15) is 22.9 Å². The van der Waals surface area contributed by atoms with Gasteiger partial charge in [0.15, 0.2) is 0 Å². The van der Waals surface area contributed by atoms with Crippen LogP contribution in [0.15, 0.2) is 30.5 Å². The molecule has 0 aliphatic carbocycles. The molecule has 19 heavy (non-hydrogen) atoms. The molecule has 2 nitrogen and oxygen atoms in total. The lowest BCUT2D eigenvalue weighted by Crippen LogP contribution is -2.09. The summed E-state index contributed by atoms with van der Waals surface area (Å²) in [5.74, 6) is -3.21. The maximum atomic E-state index is 13.5. The summed E-state index contributed by atoms with van der Waals surface area (Å²) in [6.45, 7) is 1.85. The maximum absolute atomic E-state index is 13.5. The van der Waals surface area contributed by atoms with Crippen LogP contribution in [0.5, 0.6) is 0 Å². The van der Waals surface area contributed by atoms with Crippen LogP contribution in [0.2, 0.25) is 0 Å². The SMILES string of the molecule is Cc1ccc(CC(O)c2c(F)cc(F)cc2F)nc1. The molecule has 0 radical (unpaired) electrons. The average Bonchev–Trinajstić information content (AvgIpc) is 2.30. The van der Waals surface area contributed by atoms with Crippen LogP contribution in [0.25, 0.3) is 0 Å². The Balaban J connectivity index is 2.25. The van der Waals surface area contributed by atoms with E-state index in [0.717, 1.165) is 5.56 Å². The zero-order valence-corrected chi connectivity index (χ0v) is 10.2. The van der Waals surface area contributed by atoms with Crippen LogP contribution >= 0.6 is 0 Å². The molecule has 0 aliphatic rings. The van der Waals surface area contributed by atoms with Crippen LogP contribution in [-0.4, -0.2) is 10.1 Å². The number of aliphatic hydroxyl groups is 1. The highest BCUT2D eigenvalue weighted by atomic mass is 19.1. The van der Waals surface area contributed by atoms with Gasteiger partial charge in [-0.25, -0.2) is 13.2 Å². The third-order valence-corrected chi connectivity index (χ3v) is 2.75. The lowest BCUT2D eigenvalue weighted by molar-refractivity contribution is 0.167. The van der Waals surface area contributed by atoms with Crippen LogP contribution in [-0.2, 0) is 6.42 Å². The highest BCUT2D eigenvalue weighted by Crippen LogP contribution is 2.24. The van der Waals surface area contributed by atoms with E-state index in [9.17, 15) is 18.3 Å². The van der Waals surface area contributed by atoms with Crippen molar-refractivity contribution < 1.29 is 18.3 Å². The summed E-state index contributed by atoms with van der Waals surface area (Å²) in [5.41, 5.74) is 0.905. The topological polar surface area (TPSA) is 33.1 Å². The first kappa shape index (κ1) is 13.5. The van der Waals surface area contributed by atoms with Gasteiger partial charge in [0.1, 0.15) is 17.5 Å². The fourth-order valence-electron chi connectivity index (χ4n) is 1.79. The first-order chi connectivity index (χ1) is 8.97. The van der Waals surface area contributed by atoms with Gasteiger partial charge in [-0.05, 0) is 18.6 Å². The Morgan fingerprint density at radius 2 is 1.79 bits per heavy atom. The molecule has 0 fully saturated rings. The van der Waals surface area contributed by atoms with Crippen LogP contribution in [0.3, 0.4) is 0 Å². The molecule has 1 N–H and O–H groups in total. The van der Waals surface area contributed by atoms with Crippen molar-refractivity contribution in [3.8, 4) is 0 Å². The Morgan fingerprint density at radius 1 is 1.16 bits per heavy atom. The molecule has 2 aromatic rings. The Labute approximate surface area is 108 Å². The van der Waals surface area contributed by atoms with Gasteiger partial charge in [-0.1, -0.05) is 6.07 Å². The summed E-state index contributed by atoms with van der Waals surface area (Å²) >= 11 is 0. The van der Waals surface area contributed by atoms with Gasteiger partial charge < -0.3 is 5.11 Å². The van der Waals surface area contributed by atoms with Gasteiger partial charge in [0, 0.05) is 30.4 Å². The van der Waals surface area contributed by atoms with Crippen molar-refractivity contribution in [1.82, 2.24) is 4.98 Å². The van der Waals surface area contributed by atoms with Crippen molar-refractivity contribution in [3.05, 3.63) is 64.7 Å². The molecular formula is C14H12F3NO. The largest absolute Gasteiger partial charge is 0.388 e. The summed E-state index contributed by atoms with van der Waals surface area (Å²) in [5, 5.41) is 9.85. The lowest BCUT2D eigenvalue weighted by atomic mass is 10.0. The Morgan fingerprint density at radius 3 is 2.32 bits per heavy atom. The van der Waals surface area contributed by atoms with Crippen molar-refractivity contribution in [2.45, 2.75) is 19.4 Å². The number of aromatic nitrogens is 1. The normalized spacial score (nSPS) is 12.5. The number of nitrogens with zero attached hydrogens (tertiary/aromatic N) is 1. The first-order valence-corrected chi connectivity index (χ1v) is 5.71. The van der Waals surface area contributed by atoms with Crippen molar-refractivity contribution in [2.75, 3.05) is 0 Å². The van der Waals surface area contributed by atoms with Crippen molar-refractivity contribution >= 4 is 0 Å². The van der Waals surface area contributed by atoms with E-state index in [0.29, 0.717) is 17.8 Å². The van der Waals surface area contributed by atoms with Gasteiger partial charge in [-0.2, -0.15) is 0 Å². The van der Waals surface area contributed by atoms with Gasteiger partial charge in [-0.15, -0.1) is 0 Å². The Kier molecular flexibility index (Phi) is 3.85. The Hall–Kier alpha value is -1.88. The van der Waals surface area contributed by atoms with E-state index in [4.69, 9.17) is 0 Å². The molecule has 1 heterocycles. The third-order valence-electron chi connectivity index (χ3n) is 2.75. The molecule has 0 spiro atoms. The average molecular weight is 267 g/mol. The molecule has 100 valence electrons. The predicted molar refractivity (Wildman–Crippen MR) is 64.0 cm³/mol. The maximum Gasteiger partial charge on any atom is 0.134 e. The van der Waals surface area contributed by atoms with Crippen molar-refractivity contribution in [2.24, 2.45) is 0 Å². The minimum atomic E-state index is -1.41. The second-order valence-corrected chi connectivity index (χ2v) is 4.33. The summed E-state index contributed by atoms with van der Waals surface area (Å²) in [6, 6.07) is 4.54. The number of benzene rings is 1. The fraction of sp³-hybridized carbons (Fsp3) is 0.214. The Bertz CT molecular complexity index is 561. The van der Waals surface area contributed by atoms with Gasteiger partial charge in [0.05, 0.1) is 11.7 Å². The summed E-state index contributed by atoms with van der Waals surface area (Å²) in [6.07, 6.45) is 0.148. The van der Waals surface area contributed by atoms with E-state index < -0.39 is 29.1 Å². The number of aryl methyl sites for hydroxylation is 1. The molecule has 1 aromatic heterocycles. The van der Waals surface area contributed by atoms with Crippen LogP contribution < -0.4 is 0 Å². The van der Waals surface area contributed by atoms with E-state index >= 15 is 0 Å². The van der Waals surface area contributed by atoms with Gasteiger partial charge >= 0.3 is 0 Å². The number of hydrogen-bond acceptors (Lipinski definition) is 2. The number of halogens is 3. The quantitative estimate of drug-likeness (QED) is 0.927. The predicted octanol–water partition coefficient (Wildman–Crippen LogP) is 3.08. The van der Waals surface area contributed by atoms with Gasteiger partial charge in [0.25, 0.3) is 0 Å². The molecule has 0 bridgehead atoms. The van der Waals surface area contributed by atoms with E-state index in [-0.39, 0.29) is 6.42 Å². The van der Waals surface area contributed by atoms with Gasteiger partial charge in [-0.3, -0.25) is 4.98 Å². The van der Waals surface area contributed by atoms with Gasteiger partial charge in [0.2, 0.25) is 0 Å². The van der Waals surface area contributed by atoms with E-state index in [1.807, 2.05) is 6.92 Å². The highest BCUT2D eigenvalue weighted by Gasteiger charge is 2.20. The number of pyridine rings is 1. The van der Waals surface area contributed by atoms with E-state index in [1.165, 1.54) is 0 Å². The smallest absolute Gasteiger partial charge is 0.134 e. The zero-order chi connectivity index (χ0) is 14.0. The highest BCUT2D eigenvalue weighted by molar-refractivity contribution is 5.24. The van der Waals surface area contributed by atoms with Crippen LogP contribution in [0, 0.1) is 24.4 Å². The van der Waals surface area contributed by atoms with E-state index in [1.54, 1.807) is 18.3 Å². The van der Waals surface area contributed by atoms with E-state index in [2.05, 4.69) is 4.98 Å². The zero-order valence-electron chi connectivity index (χ0n) is 10.2. The molecule has 1 unspecified atom stereocenters. The summed E-state index contributed by atoms with van der Waals surface area (Å²) in [7, 11) is 0. The minimum Gasteiger partial charge on any atom is -0.388 e. The molecule has 0 saturated carbocycles.